The summed E-state index contributed by atoms with van der Waals surface area (Å²) in [6.45, 7) is 1.38. The van der Waals surface area contributed by atoms with Gasteiger partial charge in [-0.1, -0.05) is 48.5 Å². The number of nitrogens with zero attached hydrogens (tertiary/aromatic N) is 1. The van der Waals surface area contributed by atoms with Gasteiger partial charge in [0.1, 0.15) is 5.78 Å². The number of carbonyl (C=O) groups excluding carboxylic acids is 2. The van der Waals surface area contributed by atoms with Gasteiger partial charge in [-0.05, 0) is 24.6 Å². The Hall–Kier alpha value is -3.01. The van der Waals surface area contributed by atoms with Crippen molar-refractivity contribution in [3.63, 3.8) is 0 Å². The summed E-state index contributed by atoms with van der Waals surface area (Å²) in [5.74, 6) is -1.92. The normalized spacial score (nSPS) is 11.9. The lowest BCUT2D eigenvalue weighted by atomic mass is 9.91. The lowest BCUT2D eigenvalue weighted by Gasteiger charge is -2.16. The summed E-state index contributed by atoms with van der Waals surface area (Å²) >= 11 is 0. The number of hydrogen-bond donors (Lipinski definition) is 0. The van der Waals surface area contributed by atoms with E-state index in [4.69, 9.17) is 4.74 Å². The maximum atomic E-state index is 12.2. The van der Waals surface area contributed by atoms with Crippen LogP contribution in [-0.4, -0.2) is 23.8 Å². The van der Waals surface area contributed by atoms with Crippen LogP contribution in [0.3, 0.4) is 0 Å². The number of carbonyl (C=O) groups is 2. The minimum Gasteiger partial charge on any atom is -0.468 e. The van der Waals surface area contributed by atoms with Gasteiger partial charge >= 0.3 is 5.97 Å². The molecular formula is C20H17NO3. The molecule has 24 heavy (non-hydrogen) atoms. The average Bonchev–Trinajstić information content (AvgIpc) is 2.61. The van der Waals surface area contributed by atoms with Crippen molar-refractivity contribution in [2.45, 2.75) is 12.8 Å². The summed E-state index contributed by atoms with van der Waals surface area (Å²) in [4.78, 5) is 28.9. The van der Waals surface area contributed by atoms with Crippen LogP contribution in [-0.2, 0) is 14.3 Å². The number of fused-ring (bicyclic) bond motifs is 1. The summed E-state index contributed by atoms with van der Waals surface area (Å²) in [6, 6.07) is 19.2. The summed E-state index contributed by atoms with van der Waals surface area (Å²) in [5, 5.41) is 0.951. The number of Topliss-reactive ketones (excluding diaryl/α,β-unsaturated/α-hetero) is 1. The van der Waals surface area contributed by atoms with E-state index in [1.165, 1.54) is 14.0 Å². The maximum Gasteiger partial charge on any atom is 0.322 e. The smallest absolute Gasteiger partial charge is 0.322 e. The van der Waals surface area contributed by atoms with Crippen molar-refractivity contribution >= 4 is 22.7 Å². The topological polar surface area (TPSA) is 56.3 Å². The Balaban J connectivity index is 2.31. The zero-order valence-electron chi connectivity index (χ0n) is 13.5. The molecule has 3 aromatic rings. The van der Waals surface area contributed by atoms with Crippen LogP contribution in [0.4, 0.5) is 0 Å². The van der Waals surface area contributed by atoms with Gasteiger partial charge in [-0.2, -0.15) is 0 Å². The molecule has 0 N–H and O–H groups in total. The molecule has 0 amide bonds. The molecule has 0 fully saturated rings. The highest BCUT2D eigenvalue weighted by molar-refractivity contribution is 6.05. The van der Waals surface area contributed by atoms with Gasteiger partial charge in [0.2, 0.25) is 0 Å². The third-order valence-corrected chi connectivity index (χ3v) is 3.96. The molecule has 1 atom stereocenters. The van der Waals surface area contributed by atoms with Crippen LogP contribution in [0, 0.1) is 0 Å². The van der Waals surface area contributed by atoms with Crippen LogP contribution in [0.5, 0.6) is 0 Å². The number of para-hydroxylation sites is 1. The third kappa shape index (κ3) is 2.91. The van der Waals surface area contributed by atoms with E-state index in [1.54, 1.807) is 0 Å². The number of ether oxygens (including phenoxy) is 1. The molecule has 1 aromatic heterocycles. The number of rotatable bonds is 4. The van der Waals surface area contributed by atoms with Gasteiger partial charge in [0.15, 0.2) is 5.92 Å². The first-order chi connectivity index (χ1) is 11.6. The van der Waals surface area contributed by atoms with E-state index in [-0.39, 0.29) is 5.78 Å². The summed E-state index contributed by atoms with van der Waals surface area (Å²) < 4.78 is 4.83. The van der Waals surface area contributed by atoms with E-state index in [1.807, 2.05) is 60.7 Å². The van der Waals surface area contributed by atoms with Crippen LogP contribution < -0.4 is 0 Å². The Labute approximate surface area is 140 Å². The van der Waals surface area contributed by atoms with Crippen LogP contribution >= 0.6 is 0 Å². The van der Waals surface area contributed by atoms with E-state index >= 15 is 0 Å². The summed E-state index contributed by atoms with van der Waals surface area (Å²) in [7, 11) is 1.28. The predicted octanol–water partition coefficient (Wildman–Crippen LogP) is 3.75. The van der Waals surface area contributed by atoms with Crippen molar-refractivity contribution in [1.29, 1.82) is 0 Å². The standard InChI is InChI=1S/C20H17NO3/c1-13(22)18(20(23)24-2)19-16(14-8-4-3-5-9-14)12-15-10-6-7-11-17(15)21-19/h3-12,18H,1-2H3. The molecule has 0 spiro atoms. The molecule has 0 bridgehead atoms. The molecule has 120 valence electrons. The average molecular weight is 319 g/mol. The summed E-state index contributed by atoms with van der Waals surface area (Å²) in [6.07, 6.45) is 0. The lowest BCUT2D eigenvalue weighted by molar-refractivity contribution is -0.145. The Bertz CT molecular complexity index is 903. The highest BCUT2D eigenvalue weighted by Crippen LogP contribution is 2.32. The molecule has 4 heteroatoms. The molecule has 3 rings (SSSR count). The molecule has 2 aromatic carbocycles. The number of methoxy groups -OCH3 is 1. The van der Waals surface area contributed by atoms with Gasteiger partial charge in [-0.25, -0.2) is 0 Å². The number of benzene rings is 2. The molecule has 0 aliphatic rings. The molecule has 0 aliphatic heterocycles. The number of aromatic nitrogens is 1. The molecule has 0 saturated carbocycles. The van der Waals surface area contributed by atoms with Crippen LogP contribution in [0.25, 0.3) is 22.0 Å². The Morgan fingerprint density at radius 2 is 1.67 bits per heavy atom. The van der Waals surface area contributed by atoms with Crippen LogP contribution in [0.1, 0.15) is 18.5 Å². The zero-order valence-corrected chi connectivity index (χ0v) is 13.5. The van der Waals surface area contributed by atoms with Gasteiger partial charge in [0, 0.05) is 10.9 Å². The Morgan fingerprint density at radius 1 is 1.00 bits per heavy atom. The van der Waals surface area contributed by atoms with E-state index in [2.05, 4.69) is 4.98 Å². The zero-order chi connectivity index (χ0) is 17.1. The quantitative estimate of drug-likeness (QED) is 0.543. The van der Waals surface area contributed by atoms with Crippen molar-refractivity contribution in [3.8, 4) is 11.1 Å². The highest BCUT2D eigenvalue weighted by atomic mass is 16.5. The van der Waals surface area contributed by atoms with Crippen molar-refractivity contribution in [2.75, 3.05) is 7.11 Å². The van der Waals surface area contributed by atoms with Gasteiger partial charge in [-0.3, -0.25) is 14.6 Å². The van der Waals surface area contributed by atoms with Crippen molar-refractivity contribution in [1.82, 2.24) is 4.98 Å². The minimum absolute atomic E-state index is 0.290. The number of hydrogen-bond acceptors (Lipinski definition) is 4. The van der Waals surface area contributed by atoms with Crippen molar-refractivity contribution < 1.29 is 14.3 Å². The van der Waals surface area contributed by atoms with Gasteiger partial charge in [0.25, 0.3) is 0 Å². The fourth-order valence-electron chi connectivity index (χ4n) is 2.79. The maximum absolute atomic E-state index is 12.2. The van der Waals surface area contributed by atoms with E-state index in [9.17, 15) is 9.59 Å². The van der Waals surface area contributed by atoms with Crippen molar-refractivity contribution in [3.05, 3.63) is 66.4 Å². The fraction of sp³-hybridized carbons (Fsp3) is 0.150. The number of ketones is 1. The Morgan fingerprint density at radius 3 is 2.33 bits per heavy atom. The van der Waals surface area contributed by atoms with Gasteiger partial charge in [0.05, 0.1) is 18.3 Å². The SMILES string of the molecule is COC(=O)C(C(C)=O)c1nc2ccccc2cc1-c1ccccc1. The van der Waals surface area contributed by atoms with E-state index in [0.717, 1.165) is 22.0 Å². The molecule has 0 saturated heterocycles. The number of pyridine rings is 1. The highest BCUT2D eigenvalue weighted by Gasteiger charge is 2.30. The van der Waals surface area contributed by atoms with Crippen molar-refractivity contribution in [2.24, 2.45) is 0 Å². The second kappa shape index (κ2) is 6.62. The molecule has 4 nitrogen and oxygen atoms in total. The molecule has 1 unspecified atom stereocenters. The first kappa shape index (κ1) is 15.9. The largest absolute Gasteiger partial charge is 0.468 e. The predicted molar refractivity (Wildman–Crippen MR) is 92.6 cm³/mol. The fourth-order valence-corrected chi connectivity index (χ4v) is 2.79. The molecule has 0 radical (unpaired) electrons. The van der Waals surface area contributed by atoms with Gasteiger partial charge in [-0.15, -0.1) is 0 Å². The van der Waals surface area contributed by atoms with Crippen LogP contribution in [0.15, 0.2) is 60.7 Å². The first-order valence-corrected chi connectivity index (χ1v) is 7.65. The molecule has 0 aliphatic carbocycles. The first-order valence-electron chi connectivity index (χ1n) is 7.65. The molecular weight excluding hydrogens is 302 g/mol. The monoisotopic (exact) mass is 319 g/mol. The second-order valence-corrected chi connectivity index (χ2v) is 5.55. The van der Waals surface area contributed by atoms with E-state index < -0.39 is 11.9 Å². The Kier molecular flexibility index (Phi) is 4.38. The van der Waals surface area contributed by atoms with E-state index in [0.29, 0.717) is 5.69 Å². The van der Waals surface area contributed by atoms with Gasteiger partial charge < -0.3 is 4.74 Å². The second-order valence-electron chi connectivity index (χ2n) is 5.55. The van der Waals surface area contributed by atoms with Crippen LogP contribution in [0.2, 0.25) is 0 Å². The summed E-state index contributed by atoms with van der Waals surface area (Å²) in [5.41, 5.74) is 2.84. The third-order valence-electron chi connectivity index (χ3n) is 3.96. The molecule has 1 heterocycles. The number of esters is 1. The lowest BCUT2D eigenvalue weighted by Crippen LogP contribution is -2.23. The minimum atomic E-state index is -1.03.